The lowest BCUT2D eigenvalue weighted by Crippen LogP contribution is -2.46. The Labute approximate surface area is 232 Å². The molecule has 204 valence electrons. The van der Waals surface area contributed by atoms with Crippen molar-refractivity contribution in [2.45, 2.75) is 65.2 Å². The summed E-state index contributed by atoms with van der Waals surface area (Å²) in [5.41, 5.74) is -0.184. The van der Waals surface area contributed by atoms with E-state index in [1.807, 2.05) is 37.3 Å². The first-order valence-corrected chi connectivity index (χ1v) is 13.2. The van der Waals surface area contributed by atoms with Crippen molar-refractivity contribution in [1.82, 2.24) is 9.47 Å². The minimum Gasteiger partial charge on any atom is -0.491 e. The highest BCUT2D eigenvalue weighted by Gasteiger charge is 2.30. The van der Waals surface area contributed by atoms with Gasteiger partial charge in [0.05, 0.1) is 40.8 Å². The molecule has 3 aromatic rings. The van der Waals surface area contributed by atoms with Crippen molar-refractivity contribution in [1.29, 1.82) is 0 Å². The van der Waals surface area contributed by atoms with Gasteiger partial charge in [0.2, 0.25) is 0 Å². The molecule has 2 aromatic carbocycles. The summed E-state index contributed by atoms with van der Waals surface area (Å²) >= 11 is 12.6. The summed E-state index contributed by atoms with van der Waals surface area (Å²) in [6.45, 7) is 7.46. The fourth-order valence-electron chi connectivity index (χ4n) is 4.10. The van der Waals surface area contributed by atoms with Crippen LogP contribution in [0.25, 0.3) is 10.8 Å². The van der Waals surface area contributed by atoms with Crippen LogP contribution in [-0.2, 0) is 17.9 Å². The van der Waals surface area contributed by atoms with Crippen molar-refractivity contribution in [2.75, 3.05) is 11.9 Å². The largest absolute Gasteiger partial charge is 0.491 e. The third-order valence-corrected chi connectivity index (χ3v) is 6.85. The number of fused-ring (bicyclic) bond motifs is 1. The Morgan fingerprint density at radius 2 is 1.79 bits per heavy atom. The highest BCUT2D eigenvalue weighted by molar-refractivity contribution is 6.42. The first kappa shape index (κ1) is 29.3. The second-order valence-electron chi connectivity index (χ2n) is 10.00. The van der Waals surface area contributed by atoms with E-state index in [0.717, 1.165) is 19.1 Å². The number of hydrogen-bond donors (Lipinski definition) is 2. The van der Waals surface area contributed by atoms with E-state index in [4.69, 9.17) is 27.9 Å². The van der Waals surface area contributed by atoms with Crippen LogP contribution < -0.4 is 15.6 Å². The smallest absolute Gasteiger partial charge is 0.408 e. The van der Waals surface area contributed by atoms with Gasteiger partial charge in [-0.25, -0.2) is 4.79 Å². The molecule has 0 bridgehead atoms. The third kappa shape index (κ3) is 6.79. The van der Waals surface area contributed by atoms with Gasteiger partial charge < -0.3 is 24.5 Å². The van der Waals surface area contributed by atoms with Crippen LogP contribution in [0.4, 0.5) is 10.5 Å². The Kier molecular flexibility index (Phi) is 9.68. The molecule has 1 unspecified atom stereocenters. The number of rotatable bonds is 11. The van der Waals surface area contributed by atoms with E-state index in [9.17, 15) is 19.5 Å². The fraction of sp³-hybridized carbons (Fsp3) is 0.393. The normalized spacial score (nSPS) is 12.3. The second kappa shape index (κ2) is 12.5. The number of unbranched alkanes of at least 4 members (excludes halogenated alkanes) is 1. The Morgan fingerprint density at radius 3 is 2.34 bits per heavy atom. The van der Waals surface area contributed by atoms with Crippen LogP contribution in [0, 0.1) is 0 Å². The number of carboxylic acid groups (broad SMARTS) is 1. The minimum atomic E-state index is -1.15. The number of pyridine rings is 1. The first-order valence-electron chi connectivity index (χ1n) is 12.4. The Bertz CT molecular complexity index is 1350. The number of ether oxygens (including phenoxy) is 1. The fourth-order valence-corrected chi connectivity index (χ4v) is 4.42. The third-order valence-electron chi connectivity index (χ3n) is 6.13. The number of benzene rings is 2. The van der Waals surface area contributed by atoms with E-state index in [1.54, 1.807) is 26.8 Å². The van der Waals surface area contributed by atoms with E-state index in [1.165, 1.54) is 15.5 Å². The molecule has 10 heteroatoms. The standard InChI is InChI=1S/C28H33Cl2N3O5/c1-5-6-12-38-25-20-13-22(29)23(30)14-21(20)26(35)32(24(25)16-33(27(36)37)28(2,3)4)15-19(17-34)31-18-10-8-7-9-11-18/h7-11,13-14,17,19,31H,5-6,12,15-16H2,1-4H3,(H,36,37). The molecule has 0 fully saturated rings. The summed E-state index contributed by atoms with van der Waals surface area (Å²) < 4.78 is 7.63. The first-order chi connectivity index (χ1) is 18.0. The van der Waals surface area contributed by atoms with Crippen LogP contribution in [-0.4, -0.2) is 45.1 Å². The van der Waals surface area contributed by atoms with Gasteiger partial charge in [0.1, 0.15) is 18.1 Å². The summed E-state index contributed by atoms with van der Waals surface area (Å²) in [6.07, 6.45) is 1.19. The Morgan fingerprint density at radius 1 is 1.16 bits per heavy atom. The number of para-hydroxylation sites is 1. The molecule has 0 aliphatic heterocycles. The van der Waals surface area contributed by atoms with Crippen LogP contribution >= 0.6 is 23.2 Å². The molecule has 0 aliphatic carbocycles. The summed E-state index contributed by atoms with van der Waals surface area (Å²) in [5, 5.41) is 14.3. The van der Waals surface area contributed by atoms with Gasteiger partial charge in [0.15, 0.2) is 0 Å². The number of hydrogen-bond acceptors (Lipinski definition) is 5. The number of carbonyl (C=O) groups is 2. The summed E-state index contributed by atoms with van der Waals surface area (Å²) in [5.74, 6) is 0.339. The van der Waals surface area contributed by atoms with Gasteiger partial charge in [0.25, 0.3) is 5.56 Å². The summed E-state index contributed by atoms with van der Waals surface area (Å²) in [4.78, 5) is 39.5. The zero-order valence-electron chi connectivity index (χ0n) is 22.0. The number of anilines is 1. The molecule has 0 saturated carbocycles. The van der Waals surface area contributed by atoms with Crippen molar-refractivity contribution >= 4 is 52.0 Å². The SMILES string of the molecule is CCCCOc1c(CN(C(=O)O)C(C)(C)C)n(CC(C=O)Nc2ccccc2)c(=O)c2cc(Cl)c(Cl)cc12. The maximum Gasteiger partial charge on any atom is 0.408 e. The van der Waals surface area contributed by atoms with Gasteiger partial charge in [-0.15, -0.1) is 0 Å². The van der Waals surface area contributed by atoms with Crippen molar-refractivity contribution < 1.29 is 19.4 Å². The van der Waals surface area contributed by atoms with Crippen molar-refractivity contribution in [3.63, 3.8) is 0 Å². The molecule has 3 rings (SSSR count). The van der Waals surface area contributed by atoms with Gasteiger partial charge in [0, 0.05) is 16.6 Å². The van der Waals surface area contributed by atoms with Crippen LogP contribution in [0.2, 0.25) is 10.0 Å². The number of amides is 1. The molecule has 38 heavy (non-hydrogen) atoms. The molecular formula is C28H33Cl2N3O5. The predicted octanol–water partition coefficient (Wildman–Crippen LogP) is 6.45. The van der Waals surface area contributed by atoms with Crippen LogP contribution in [0.5, 0.6) is 5.75 Å². The van der Waals surface area contributed by atoms with E-state index >= 15 is 0 Å². The number of carbonyl (C=O) groups excluding carboxylic acids is 1. The summed E-state index contributed by atoms with van der Waals surface area (Å²) in [7, 11) is 0. The molecular weight excluding hydrogens is 529 g/mol. The molecule has 1 heterocycles. The van der Waals surface area contributed by atoms with Crippen molar-refractivity contribution in [3.8, 4) is 5.75 Å². The van der Waals surface area contributed by atoms with Gasteiger partial charge in [-0.1, -0.05) is 54.7 Å². The molecule has 2 N–H and O–H groups in total. The van der Waals surface area contributed by atoms with Gasteiger partial charge >= 0.3 is 6.09 Å². The van der Waals surface area contributed by atoms with Crippen molar-refractivity contribution in [2.24, 2.45) is 0 Å². The zero-order valence-corrected chi connectivity index (χ0v) is 23.5. The molecule has 1 atom stereocenters. The van der Waals surface area contributed by atoms with E-state index < -0.39 is 23.2 Å². The van der Waals surface area contributed by atoms with Crippen LogP contribution in [0.15, 0.2) is 47.3 Å². The highest BCUT2D eigenvalue weighted by Crippen LogP contribution is 2.35. The number of aromatic nitrogens is 1. The quantitative estimate of drug-likeness (QED) is 0.206. The maximum absolute atomic E-state index is 13.9. The van der Waals surface area contributed by atoms with Crippen LogP contribution in [0.3, 0.4) is 0 Å². The Hall–Kier alpha value is -3.23. The number of aldehydes is 1. The van der Waals surface area contributed by atoms with Gasteiger partial charge in [-0.3, -0.25) is 9.69 Å². The topological polar surface area (TPSA) is 101 Å². The molecule has 8 nitrogen and oxygen atoms in total. The molecule has 1 aromatic heterocycles. The predicted molar refractivity (Wildman–Crippen MR) is 152 cm³/mol. The minimum absolute atomic E-state index is 0.0650. The lowest BCUT2D eigenvalue weighted by atomic mass is 10.0. The highest BCUT2D eigenvalue weighted by atomic mass is 35.5. The lowest BCUT2D eigenvalue weighted by Gasteiger charge is -2.34. The average molecular weight is 562 g/mol. The molecule has 0 radical (unpaired) electrons. The zero-order chi connectivity index (χ0) is 28.0. The molecule has 0 aliphatic rings. The van der Waals surface area contributed by atoms with E-state index in [-0.39, 0.29) is 28.5 Å². The molecule has 1 amide bonds. The van der Waals surface area contributed by atoms with Gasteiger partial charge in [-0.05, 0) is 51.5 Å². The molecule has 0 saturated heterocycles. The maximum atomic E-state index is 13.9. The molecule has 0 spiro atoms. The van der Waals surface area contributed by atoms with Gasteiger partial charge in [-0.2, -0.15) is 0 Å². The second-order valence-corrected chi connectivity index (χ2v) is 10.8. The van der Waals surface area contributed by atoms with E-state index in [0.29, 0.717) is 29.1 Å². The summed E-state index contributed by atoms with van der Waals surface area (Å²) in [6, 6.07) is 11.4. The number of halogens is 2. The Balaban J connectivity index is 2.28. The van der Waals surface area contributed by atoms with E-state index in [2.05, 4.69) is 5.32 Å². The van der Waals surface area contributed by atoms with Crippen molar-refractivity contribution in [3.05, 3.63) is 68.6 Å². The van der Waals surface area contributed by atoms with Crippen LogP contribution in [0.1, 0.15) is 46.2 Å². The average Bonchev–Trinajstić information content (AvgIpc) is 2.86. The number of nitrogens with zero attached hydrogens (tertiary/aromatic N) is 2. The number of nitrogens with one attached hydrogen (secondary N) is 1. The lowest BCUT2D eigenvalue weighted by molar-refractivity contribution is -0.108. The monoisotopic (exact) mass is 561 g/mol.